The van der Waals surface area contributed by atoms with Crippen molar-refractivity contribution in [2.75, 3.05) is 6.61 Å². The molecule has 0 aliphatic carbocycles. The number of hydrogen-bond acceptors (Lipinski definition) is 5. The minimum absolute atomic E-state index is 0.349. The Hall–Kier alpha value is -3.26. The van der Waals surface area contributed by atoms with Crippen LogP contribution in [-0.2, 0) is 4.79 Å². The third kappa shape index (κ3) is 4.04. The molecule has 3 aromatic rings. The summed E-state index contributed by atoms with van der Waals surface area (Å²) < 4.78 is 7.14. The fourth-order valence-electron chi connectivity index (χ4n) is 2.35. The number of aliphatic carboxylic acids is 1. The van der Waals surface area contributed by atoms with Crippen LogP contribution in [0.25, 0.3) is 11.4 Å². The molecular weight excluding hydrogens is 352 g/mol. The molecule has 1 aromatic heterocycles. The molecule has 1 heterocycles. The molecule has 26 heavy (non-hydrogen) atoms. The van der Waals surface area contributed by atoms with Crippen molar-refractivity contribution < 1.29 is 14.6 Å². The first kappa shape index (κ1) is 17.6. The van der Waals surface area contributed by atoms with Crippen LogP contribution in [0, 0.1) is 11.7 Å². The van der Waals surface area contributed by atoms with Gasteiger partial charge in [-0.25, -0.2) is 9.89 Å². The Bertz CT molecular complexity index is 1020. The van der Waals surface area contributed by atoms with Crippen molar-refractivity contribution in [1.29, 1.82) is 0 Å². The van der Waals surface area contributed by atoms with Gasteiger partial charge in [0.05, 0.1) is 6.21 Å². The molecule has 0 fully saturated rings. The van der Waals surface area contributed by atoms with Crippen LogP contribution in [-0.4, -0.2) is 38.8 Å². The van der Waals surface area contributed by atoms with E-state index in [1.165, 1.54) is 4.68 Å². The number of aromatic amines is 1. The molecule has 0 unspecified atom stereocenters. The standard InChI is InChI=1S/C18H16N4O3S/c1-12-5-4-7-13(9-12)17-20-21-18(26)22(17)19-10-14-6-2-3-8-15(14)25-11-16(23)24/h2-10H,11H2,1H3,(H,21,26)(H,23,24). The van der Waals surface area contributed by atoms with Crippen LogP contribution in [0.4, 0.5) is 0 Å². The maximum Gasteiger partial charge on any atom is 0.341 e. The Kier molecular flexibility index (Phi) is 5.23. The molecule has 0 aliphatic heterocycles. The Morgan fingerprint density at radius 2 is 2.15 bits per heavy atom. The van der Waals surface area contributed by atoms with E-state index >= 15 is 0 Å². The molecule has 0 aliphatic rings. The first-order valence-electron chi connectivity index (χ1n) is 7.77. The highest BCUT2D eigenvalue weighted by Gasteiger charge is 2.09. The van der Waals surface area contributed by atoms with Crippen molar-refractivity contribution in [3.8, 4) is 17.1 Å². The fourth-order valence-corrected chi connectivity index (χ4v) is 2.53. The van der Waals surface area contributed by atoms with Crippen LogP contribution in [0.2, 0.25) is 0 Å². The maximum absolute atomic E-state index is 10.7. The third-order valence-electron chi connectivity index (χ3n) is 3.51. The second-order valence-corrected chi connectivity index (χ2v) is 5.89. The van der Waals surface area contributed by atoms with Crippen LogP contribution in [0.1, 0.15) is 11.1 Å². The van der Waals surface area contributed by atoms with Gasteiger partial charge in [-0.3, -0.25) is 0 Å². The summed E-state index contributed by atoms with van der Waals surface area (Å²) in [6, 6.07) is 14.9. The molecule has 7 nitrogen and oxygen atoms in total. The van der Waals surface area contributed by atoms with E-state index < -0.39 is 12.6 Å². The summed E-state index contributed by atoms with van der Waals surface area (Å²) >= 11 is 5.26. The number of ether oxygens (including phenoxy) is 1. The number of aromatic nitrogens is 3. The van der Waals surface area contributed by atoms with E-state index in [0.29, 0.717) is 21.9 Å². The lowest BCUT2D eigenvalue weighted by molar-refractivity contribution is -0.139. The third-order valence-corrected chi connectivity index (χ3v) is 3.77. The summed E-state index contributed by atoms with van der Waals surface area (Å²) in [6.07, 6.45) is 1.56. The van der Waals surface area contributed by atoms with Gasteiger partial charge in [-0.2, -0.15) is 14.9 Å². The Morgan fingerprint density at radius 1 is 1.35 bits per heavy atom. The fraction of sp³-hybridized carbons (Fsp3) is 0.111. The lowest BCUT2D eigenvalue weighted by atomic mass is 10.1. The molecule has 0 atom stereocenters. The smallest absolute Gasteiger partial charge is 0.341 e. The van der Waals surface area contributed by atoms with Gasteiger partial charge in [0, 0.05) is 11.1 Å². The van der Waals surface area contributed by atoms with E-state index in [0.717, 1.165) is 11.1 Å². The van der Waals surface area contributed by atoms with Gasteiger partial charge in [-0.1, -0.05) is 35.9 Å². The molecule has 2 N–H and O–H groups in total. The summed E-state index contributed by atoms with van der Waals surface area (Å²) in [6.45, 7) is 1.57. The number of carboxylic acids is 1. The van der Waals surface area contributed by atoms with Gasteiger partial charge in [0.2, 0.25) is 4.77 Å². The molecule has 0 bridgehead atoms. The zero-order valence-electron chi connectivity index (χ0n) is 13.9. The second-order valence-electron chi connectivity index (χ2n) is 5.50. The van der Waals surface area contributed by atoms with Crippen LogP contribution < -0.4 is 4.74 Å². The normalized spacial score (nSPS) is 11.0. The van der Waals surface area contributed by atoms with Crippen molar-refractivity contribution in [3.63, 3.8) is 0 Å². The maximum atomic E-state index is 10.7. The number of nitrogens with one attached hydrogen (secondary N) is 1. The Balaban J connectivity index is 1.94. The van der Waals surface area contributed by atoms with Crippen molar-refractivity contribution in [1.82, 2.24) is 14.9 Å². The zero-order chi connectivity index (χ0) is 18.5. The molecule has 2 aromatic carbocycles. The van der Waals surface area contributed by atoms with E-state index in [1.54, 1.807) is 24.4 Å². The summed E-state index contributed by atoms with van der Waals surface area (Å²) in [4.78, 5) is 10.7. The van der Waals surface area contributed by atoms with Gasteiger partial charge in [0.1, 0.15) is 5.75 Å². The molecule has 0 radical (unpaired) electrons. The molecule has 0 saturated carbocycles. The summed E-state index contributed by atoms with van der Waals surface area (Å²) in [7, 11) is 0. The van der Waals surface area contributed by atoms with Crippen LogP contribution in [0.5, 0.6) is 5.75 Å². The monoisotopic (exact) mass is 368 g/mol. The highest BCUT2D eigenvalue weighted by molar-refractivity contribution is 7.71. The highest BCUT2D eigenvalue weighted by Crippen LogP contribution is 2.19. The summed E-state index contributed by atoms with van der Waals surface area (Å²) in [5.74, 6) is -0.0415. The second kappa shape index (κ2) is 7.75. The SMILES string of the molecule is Cc1cccc(-c2n[nH]c(=S)n2N=Cc2ccccc2OCC(=O)O)c1. The first-order chi connectivity index (χ1) is 12.5. The average molecular weight is 368 g/mol. The first-order valence-corrected chi connectivity index (χ1v) is 8.18. The number of rotatable bonds is 6. The van der Waals surface area contributed by atoms with E-state index in [-0.39, 0.29) is 0 Å². The summed E-state index contributed by atoms with van der Waals surface area (Å²) in [5, 5.41) is 20.2. The number of para-hydroxylation sites is 1. The molecular formula is C18H16N4O3S. The van der Waals surface area contributed by atoms with E-state index in [9.17, 15) is 4.79 Å². The van der Waals surface area contributed by atoms with Gasteiger partial charge >= 0.3 is 5.97 Å². The van der Waals surface area contributed by atoms with Crippen LogP contribution in [0.15, 0.2) is 53.6 Å². The van der Waals surface area contributed by atoms with Gasteiger partial charge in [0.15, 0.2) is 12.4 Å². The van der Waals surface area contributed by atoms with Crippen LogP contribution in [0.3, 0.4) is 0 Å². The van der Waals surface area contributed by atoms with E-state index in [2.05, 4.69) is 15.3 Å². The lowest BCUT2D eigenvalue weighted by Crippen LogP contribution is -2.10. The van der Waals surface area contributed by atoms with Gasteiger partial charge < -0.3 is 9.84 Å². The Morgan fingerprint density at radius 3 is 2.92 bits per heavy atom. The van der Waals surface area contributed by atoms with Gasteiger partial charge in [0.25, 0.3) is 0 Å². The predicted octanol–water partition coefficient (Wildman–Crippen LogP) is 3.26. The minimum atomic E-state index is -1.05. The highest BCUT2D eigenvalue weighted by atomic mass is 32.1. The van der Waals surface area contributed by atoms with E-state index in [4.69, 9.17) is 22.1 Å². The minimum Gasteiger partial charge on any atom is -0.481 e. The molecule has 132 valence electrons. The molecule has 0 spiro atoms. The quantitative estimate of drug-likeness (QED) is 0.515. The average Bonchev–Trinajstić information content (AvgIpc) is 2.99. The number of benzene rings is 2. The number of hydrogen-bond donors (Lipinski definition) is 2. The molecule has 0 saturated heterocycles. The molecule has 0 amide bonds. The van der Waals surface area contributed by atoms with Gasteiger partial charge in [-0.05, 0) is 37.3 Å². The number of nitrogens with zero attached hydrogens (tertiary/aromatic N) is 3. The zero-order valence-corrected chi connectivity index (χ0v) is 14.7. The predicted molar refractivity (Wildman–Crippen MR) is 100 cm³/mol. The van der Waals surface area contributed by atoms with Crippen LogP contribution >= 0.6 is 12.2 Å². The number of carboxylic acid groups (broad SMARTS) is 1. The Labute approximate surface area is 154 Å². The van der Waals surface area contributed by atoms with Crippen molar-refractivity contribution >= 4 is 24.4 Å². The van der Waals surface area contributed by atoms with E-state index in [1.807, 2.05) is 37.3 Å². The van der Waals surface area contributed by atoms with Crippen molar-refractivity contribution in [2.24, 2.45) is 5.10 Å². The number of carbonyl (C=O) groups is 1. The molecule has 3 rings (SSSR count). The number of aryl methyl sites for hydroxylation is 1. The molecule has 8 heteroatoms. The van der Waals surface area contributed by atoms with Crippen molar-refractivity contribution in [2.45, 2.75) is 6.92 Å². The van der Waals surface area contributed by atoms with Gasteiger partial charge in [-0.15, -0.1) is 0 Å². The largest absolute Gasteiger partial charge is 0.481 e. The van der Waals surface area contributed by atoms with Crippen molar-refractivity contribution in [3.05, 3.63) is 64.4 Å². The topological polar surface area (TPSA) is 92.5 Å². The number of H-pyrrole nitrogens is 1. The summed E-state index contributed by atoms with van der Waals surface area (Å²) in [5.41, 5.74) is 2.61. The lowest BCUT2D eigenvalue weighted by Gasteiger charge is -2.06.